The van der Waals surface area contributed by atoms with Crippen molar-refractivity contribution in [1.82, 2.24) is 9.38 Å². The predicted octanol–water partition coefficient (Wildman–Crippen LogP) is 1.88. The third-order valence-corrected chi connectivity index (χ3v) is 2.65. The van der Waals surface area contributed by atoms with Crippen LogP contribution in [0.5, 0.6) is 0 Å². The summed E-state index contributed by atoms with van der Waals surface area (Å²) in [5.41, 5.74) is 1.45. The number of carbonyl (C=O) groups is 1. The van der Waals surface area contributed by atoms with E-state index >= 15 is 0 Å². The van der Waals surface area contributed by atoms with Gasteiger partial charge in [-0.2, -0.15) is 0 Å². The summed E-state index contributed by atoms with van der Waals surface area (Å²) < 4.78 is 6.68. The summed E-state index contributed by atoms with van der Waals surface area (Å²) in [5, 5.41) is 1.76. The lowest BCUT2D eigenvalue weighted by Gasteiger charge is -1.98. The van der Waals surface area contributed by atoms with Crippen molar-refractivity contribution in [3.63, 3.8) is 0 Å². The molecule has 0 radical (unpaired) electrons. The maximum atomic E-state index is 11.5. The zero-order valence-corrected chi connectivity index (χ0v) is 8.80. The van der Waals surface area contributed by atoms with Gasteiger partial charge in [-0.05, 0) is 13.8 Å². The van der Waals surface area contributed by atoms with Gasteiger partial charge in [-0.25, -0.2) is 9.78 Å². The first-order chi connectivity index (χ1) is 6.72. The van der Waals surface area contributed by atoms with E-state index in [0.29, 0.717) is 12.3 Å². The van der Waals surface area contributed by atoms with Gasteiger partial charge in [0.05, 0.1) is 12.3 Å². The molecule has 0 aliphatic rings. The van der Waals surface area contributed by atoms with Crippen molar-refractivity contribution in [3.05, 3.63) is 23.0 Å². The number of hydrogen-bond donors (Lipinski definition) is 0. The minimum atomic E-state index is -0.295. The van der Waals surface area contributed by atoms with Gasteiger partial charge in [-0.1, -0.05) is 0 Å². The van der Waals surface area contributed by atoms with E-state index < -0.39 is 0 Å². The Labute approximate surface area is 85.1 Å². The Kier molecular flexibility index (Phi) is 2.25. The van der Waals surface area contributed by atoms with Gasteiger partial charge >= 0.3 is 5.97 Å². The van der Waals surface area contributed by atoms with Gasteiger partial charge in [-0.3, -0.25) is 4.40 Å². The molecular weight excluding hydrogens is 200 g/mol. The van der Waals surface area contributed by atoms with Crippen molar-refractivity contribution in [2.45, 2.75) is 13.8 Å². The van der Waals surface area contributed by atoms with E-state index in [1.807, 2.05) is 13.1 Å². The van der Waals surface area contributed by atoms with E-state index in [1.54, 1.807) is 16.7 Å². The van der Waals surface area contributed by atoms with Crippen LogP contribution >= 0.6 is 11.3 Å². The van der Waals surface area contributed by atoms with Crippen molar-refractivity contribution >= 4 is 22.3 Å². The summed E-state index contributed by atoms with van der Waals surface area (Å²) in [6, 6.07) is 0. The van der Waals surface area contributed by atoms with Gasteiger partial charge in [0.25, 0.3) is 0 Å². The number of rotatable bonds is 2. The molecule has 0 bridgehead atoms. The van der Waals surface area contributed by atoms with Gasteiger partial charge in [0, 0.05) is 11.6 Å². The van der Waals surface area contributed by atoms with E-state index in [9.17, 15) is 4.79 Å². The first-order valence-electron chi connectivity index (χ1n) is 4.32. The topological polar surface area (TPSA) is 43.6 Å². The maximum absolute atomic E-state index is 11.5. The lowest BCUT2D eigenvalue weighted by atomic mass is 10.5. The van der Waals surface area contributed by atoms with Crippen LogP contribution in [0, 0.1) is 6.92 Å². The molecule has 2 aromatic heterocycles. The fourth-order valence-corrected chi connectivity index (χ4v) is 2.14. The zero-order valence-electron chi connectivity index (χ0n) is 7.98. The van der Waals surface area contributed by atoms with Crippen molar-refractivity contribution in [2.75, 3.05) is 6.61 Å². The molecule has 0 saturated carbocycles. The third-order valence-electron chi connectivity index (χ3n) is 1.81. The number of hydrogen-bond acceptors (Lipinski definition) is 4. The summed E-state index contributed by atoms with van der Waals surface area (Å²) in [6.07, 6.45) is 1.83. The lowest BCUT2D eigenvalue weighted by molar-refractivity contribution is 0.0518. The number of esters is 1. The van der Waals surface area contributed by atoms with E-state index in [4.69, 9.17) is 4.74 Å². The van der Waals surface area contributed by atoms with Gasteiger partial charge in [0.15, 0.2) is 4.96 Å². The largest absolute Gasteiger partial charge is 0.461 e. The van der Waals surface area contributed by atoms with Crippen LogP contribution < -0.4 is 0 Å². The summed E-state index contributed by atoms with van der Waals surface area (Å²) in [4.78, 5) is 16.5. The third kappa shape index (κ3) is 1.39. The van der Waals surface area contributed by atoms with Crippen LogP contribution in [-0.2, 0) is 4.74 Å². The Morgan fingerprint density at radius 2 is 2.50 bits per heavy atom. The van der Waals surface area contributed by atoms with Crippen LogP contribution in [0.1, 0.15) is 23.1 Å². The Hall–Kier alpha value is -1.36. The van der Waals surface area contributed by atoms with Crippen LogP contribution in [0.3, 0.4) is 0 Å². The van der Waals surface area contributed by atoms with Crippen molar-refractivity contribution < 1.29 is 9.53 Å². The first kappa shape index (κ1) is 9.21. The van der Waals surface area contributed by atoms with E-state index in [2.05, 4.69) is 4.98 Å². The van der Waals surface area contributed by atoms with Gasteiger partial charge in [0.1, 0.15) is 5.69 Å². The van der Waals surface area contributed by atoms with Crippen molar-refractivity contribution in [1.29, 1.82) is 0 Å². The van der Waals surface area contributed by atoms with Gasteiger partial charge < -0.3 is 4.74 Å². The van der Waals surface area contributed by atoms with Crippen LogP contribution in [-0.4, -0.2) is 22.0 Å². The Balaban J connectivity index is 2.46. The molecule has 0 aromatic carbocycles. The minimum Gasteiger partial charge on any atom is -0.461 e. The second kappa shape index (κ2) is 3.42. The molecule has 2 aromatic rings. The van der Waals surface area contributed by atoms with Gasteiger partial charge in [-0.15, -0.1) is 11.3 Å². The fourth-order valence-electron chi connectivity index (χ4n) is 1.25. The zero-order chi connectivity index (χ0) is 10.1. The highest BCUT2D eigenvalue weighted by Gasteiger charge is 2.13. The fraction of sp³-hybridized carbons (Fsp3) is 0.333. The van der Waals surface area contributed by atoms with E-state index in [0.717, 1.165) is 10.7 Å². The molecule has 14 heavy (non-hydrogen) atoms. The van der Waals surface area contributed by atoms with E-state index in [1.165, 1.54) is 11.3 Å². The molecule has 0 spiro atoms. The molecule has 2 heterocycles. The molecule has 0 unspecified atom stereocenters. The second-order valence-corrected chi connectivity index (χ2v) is 3.71. The standard InChI is InChI=1S/C9H10N2O2S/c1-3-13-8(12)7-5-14-9-10-6(2)4-11(7)9/h4-5H,3H2,1-2H3. The molecule has 0 amide bonds. The monoisotopic (exact) mass is 210 g/mol. The number of imidazole rings is 1. The summed E-state index contributed by atoms with van der Waals surface area (Å²) in [6.45, 7) is 4.08. The number of nitrogens with zero attached hydrogens (tertiary/aromatic N) is 2. The smallest absolute Gasteiger partial charge is 0.356 e. The lowest BCUT2D eigenvalue weighted by Crippen LogP contribution is -2.06. The number of aryl methyl sites for hydroxylation is 1. The van der Waals surface area contributed by atoms with Crippen LogP contribution in [0.25, 0.3) is 4.96 Å². The first-order valence-corrected chi connectivity index (χ1v) is 5.20. The highest BCUT2D eigenvalue weighted by Crippen LogP contribution is 2.16. The molecule has 0 fully saturated rings. The molecule has 0 atom stereocenters. The van der Waals surface area contributed by atoms with E-state index in [-0.39, 0.29) is 5.97 Å². The molecule has 2 rings (SSSR count). The van der Waals surface area contributed by atoms with Crippen LogP contribution in [0.15, 0.2) is 11.6 Å². The second-order valence-electron chi connectivity index (χ2n) is 2.88. The molecular formula is C9H10N2O2S. The number of aromatic nitrogens is 2. The summed E-state index contributed by atoms with van der Waals surface area (Å²) in [7, 11) is 0. The molecule has 0 saturated heterocycles. The number of carbonyl (C=O) groups excluding carboxylic acids is 1. The average molecular weight is 210 g/mol. The molecule has 0 aliphatic heterocycles. The predicted molar refractivity (Wildman–Crippen MR) is 53.8 cm³/mol. The van der Waals surface area contributed by atoms with Gasteiger partial charge in [0.2, 0.25) is 0 Å². The molecule has 0 aliphatic carbocycles. The highest BCUT2D eigenvalue weighted by atomic mass is 32.1. The minimum absolute atomic E-state index is 0.295. The van der Waals surface area contributed by atoms with Crippen LogP contribution in [0.4, 0.5) is 0 Å². The average Bonchev–Trinajstić information content (AvgIpc) is 2.62. The molecule has 74 valence electrons. The van der Waals surface area contributed by atoms with Crippen molar-refractivity contribution in [2.24, 2.45) is 0 Å². The van der Waals surface area contributed by atoms with Crippen LogP contribution in [0.2, 0.25) is 0 Å². The highest BCUT2D eigenvalue weighted by molar-refractivity contribution is 7.15. The Morgan fingerprint density at radius 1 is 1.71 bits per heavy atom. The maximum Gasteiger partial charge on any atom is 0.356 e. The number of ether oxygens (including phenoxy) is 1. The molecule has 4 nitrogen and oxygen atoms in total. The number of fused-ring (bicyclic) bond motifs is 1. The normalized spacial score (nSPS) is 10.7. The summed E-state index contributed by atoms with van der Waals surface area (Å²) in [5.74, 6) is -0.295. The van der Waals surface area contributed by atoms with Crippen molar-refractivity contribution in [3.8, 4) is 0 Å². The summed E-state index contributed by atoms with van der Waals surface area (Å²) >= 11 is 1.44. The quantitative estimate of drug-likeness (QED) is 0.711. The molecule has 5 heteroatoms. The SMILES string of the molecule is CCOC(=O)c1csc2nc(C)cn12. The number of thiazole rings is 1. The Morgan fingerprint density at radius 3 is 3.21 bits per heavy atom. The Bertz CT molecular complexity index is 472. The molecule has 0 N–H and O–H groups in total.